The number of rotatable bonds is 17. The molecule has 0 saturated carbocycles. The lowest BCUT2D eigenvalue weighted by atomic mass is 10.0. The highest BCUT2D eigenvalue weighted by Crippen LogP contribution is 2.07. The summed E-state index contributed by atoms with van der Waals surface area (Å²) < 4.78 is 0. The van der Waals surface area contributed by atoms with Gasteiger partial charge in [0, 0.05) is 31.3 Å². The SMILES string of the molecule is CC(C)C(N)C(=O)NC(CCCN=C(N)N)C(=O)NC(Cc1cnc[nH]1)C(=O)NC(CCC(N)=O)C(=O)O. The standard InChI is InChI=1S/C22H38N10O6/c1-11(2)17(24)20(36)30-13(4-3-7-28-22(25)26)18(34)32-15(8-12-9-27-10-29-12)19(35)31-14(21(37)38)5-6-16(23)33/h9-11,13-15,17H,3-8,24H2,1-2H3,(H2,23,33)(H,27,29)(H,30,36)(H,31,35)(H,32,34)(H,37,38)(H4,25,26,28). The number of carbonyl (C=O) groups excluding carboxylic acids is 4. The fourth-order valence-corrected chi connectivity index (χ4v) is 3.26. The lowest BCUT2D eigenvalue weighted by Gasteiger charge is -2.25. The first-order chi connectivity index (χ1) is 17.8. The van der Waals surface area contributed by atoms with Gasteiger partial charge < -0.3 is 49.0 Å². The lowest BCUT2D eigenvalue weighted by molar-refractivity contribution is -0.142. The number of aromatic amines is 1. The topological polar surface area (TPSA) is 287 Å². The van der Waals surface area contributed by atoms with E-state index >= 15 is 0 Å². The van der Waals surface area contributed by atoms with Crippen molar-refractivity contribution in [1.82, 2.24) is 25.9 Å². The summed E-state index contributed by atoms with van der Waals surface area (Å²) in [6, 6.07) is -4.65. The molecule has 13 N–H and O–H groups in total. The molecule has 38 heavy (non-hydrogen) atoms. The average Bonchev–Trinajstić information content (AvgIpc) is 3.34. The summed E-state index contributed by atoms with van der Waals surface area (Å²) >= 11 is 0. The molecule has 0 aromatic carbocycles. The van der Waals surface area contributed by atoms with E-state index in [0.29, 0.717) is 12.1 Å². The van der Waals surface area contributed by atoms with Crippen molar-refractivity contribution >= 4 is 35.6 Å². The lowest BCUT2D eigenvalue weighted by Crippen LogP contribution is -2.58. The van der Waals surface area contributed by atoms with Crippen LogP contribution in [0.5, 0.6) is 0 Å². The number of nitrogens with two attached hydrogens (primary N) is 4. The van der Waals surface area contributed by atoms with Crippen LogP contribution in [-0.4, -0.2) is 81.3 Å². The van der Waals surface area contributed by atoms with Gasteiger partial charge >= 0.3 is 5.97 Å². The number of hydrogen-bond acceptors (Lipinski definition) is 8. The van der Waals surface area contributed by atoms with Crippen molar-refractivity contribution in [2.75, 3.05) is 6.54 Å². The van der Waals surface area contributed by atoms with E-state index in [9.17, 15) is 29.1 Å². The fraction of sp³-hybridized carbons (Fsp3) is 0.591. The summed E-state index contributed by atoms with van der Waals surface area (Å²) in [5.74, 6) is -4.53. The van der Waals surface area contributed by atoms with Crippen LogP contribution >= 0.6 is 0 Å². The highest BCUT2D eigenvalue weighted by molar-refractivity contribution is 5.94. The van der Waals surface area contributed by atoms with Crippen molar-refractivity contribution in [3.63, 3.8) is 0 Å². The molecule has 4 amide bonds. The molecule has 4 atom stereocenters. The quantitative estimate of drug-likeness (QED) is 0.0543. The summed E-state index contributed by atoms with van der Waals surface area (Å²) in [6.45, 7) is 3.69. The van der Waals surface area contributed by atoms with Crippen LogP contribution in [-0.2, 0) is 30.4 Å². The molecule has 0 aliphatic rings. The number of guanidine groups is 1. The number of amides is 4. The van der Waals surface area contributed by atoms with E-state index in [4.69, 9.17) is 22.9 Å². The maximum atomic E-state index is 13.2. The van der Waals surface area contributed by atoms with Gasteiger partial charge in [0.15, 0.2) is 5.96 Å². The van der Waals surface area contributed by atoms with E-state index in [0.717, 1.165) is 0 Å². The maximum absolute atomic E-state index is 13.2. The number of imidazole rings is 1. The predicted molar refractivity (Wildman–Crippen MR) is 137 cm³/mol. The highest BCUT2D eigenvalue weighted by atomic mass is 16.4. The highest BCUT2D eigenvalue weighted by Gasteiger charge is 2.31. The average molecular weight is 539 g/mol. The molecule has 4 unspecified atom stereocenters. The molecule has 0 bridgehead atoms. The van der Waals surface area contributed by atoms with E-state index in [1.54, 1.807) is 13.8 Å². The Bertz CT molecular complexity index is 977. The monoisotopic (exact) mass is 538 g/mol. The van der Waals surface area contributed by atoms with Gasteiger partial charge in [-0.3, -0.25) is 24.2 Å². The summed E-state index contributed by atoms with van der Waals surface area (Å²) in [6.07, 6.45) is 2.67. The van der Waals surface area contributed by atoms with E-state index < -0.39 is 53.8 Å². The Hall–Kier alpha value is -4.21. The molecule has 1 heterocycles. The number of carbonyl (C=O) groups is 5. The van der Waals surface area contributed by atoms with Gasteiger partial charge in [-0.2, -0.15) is 0 Å². The third-order valence-corrected chi connectivity index (χ3v) is 5.51. The summed E-state index contributed by atoms with van der Waals surface area (Å²) in [4.78, 5) is 72.1. The minimum Gasteiger partial charge on any atom is -0.480 e. The van der Waals surface area contributed by atoms with Crippen molar-refractivity contribution in [2.45, 2.75) is 70.1 Å². The molecule has 16 heteroatoms. The van der Waals surface area contributed by atoms with E-state index in [1.807, 2.05) is 0 Å². The number of aromatic nitrogens is 2. The molecule has 1 aromatic heterocycles. The number of carboxylic acids is 1. The molecule has 0 aliphatic heterocycles. The number of carboxylic acid groups (broad SMARTS) is 1. The summed E-state index contributed by atoms with van der Waals surface area (Å²) in [5, 5.41) is 16.9. The number of nitrogens with one attached hydrogen (secondary N) is 4. The van der Waals surface area contributed by atoms with Crippen LogP contribution < -0.4 is 38.9 Å². The van der Waals surface area contributed by atoms with Crippen LogP contribution in [0.2, 0.25) is 0 Å². The van der Waals surface area contributed by atoms with Gasteiger partial charge in [0.1, 0.15) is 18.1 Å². The van der Waals surface area contributed by atoms with Crippen molar-refractivity contribution in [3.8, 4) is 0 Å². The number of aliphatic carboxylic acids is 1. The van der Waals surface area contributed by atoms with Crippen LogP contribution in [0.1, 0.15) is 45.2 Å². The van der Waals surface area contributed by atoms with E-state index in [2.05, 4.69) is 30.9 Å². The third-order valence-electron chi connectivity index (χ3n) is 5.51. The molecule has 212 valence electrons. The minimum absolute atomic E-state index is 0.0695. The van der Waals surface area contributed by atoms with Gasteiger partial charge in [0.25, 0.3) is 0 Å². The zero-order valence-corrected chi connectivity index (χ0v) is 21.5. The van der Waals surface area contributed by atoms with Crippen LogP contribution in [0, 0.1) is 5.92 Å². The van der Waals surface area contributed by atoms with Crippen LogP contribution in [0.3, 0.4) is 0 Å². The largest absolute Gasteiger partial charge is 0.480 e. The number of H-pyrrole nitrogens is 1. The van der Waals surface area contributed by atoms with E-state index in [1.165, 1.54) is 12.5 Å². The van der Waals surface area contributed by atoms with Crippen LogP contribution in [0.15, 0.2) is 17.5 Å². The van der Waals surface area contributed by atoms with Gasteiger partial charge in [-0.1, -0.05) is 13.8 Å². The van der Waals surface area contributed by atoms with Crippen molar-refractivity contribution in [2.24, 2.45) is 33.8 Å². The van der Waals surface area contributed by atoms with E-state index in [-0.39, 0.29) is 44.1 Å². The predicted octanol–water partition coefficient (Wildman–Crippen LogP) is -3.21. The van der Waals surface area contributed by atoms with Gasteiger partial charge in [-0.25, -0.2) is 9.78 Å². The number of aliphatic imine (C=N–C) groups is 1. The van der Waals surface area contributed by atoms with Gasteiger partial charge in [0.05, 0.1) is 12.4 Å². The number of nitrogens with zero attached hydrogens (tertiary/aromatic N) is 2. The second-order valence-corrected chi connectivity index (χ2v) is 9.03. The fourth-order valence-electron chi connectivity index (χ4n) is 3.26. The summed E-state index contributed by atoms with van der Waals surface area (Å²) in [7, 11) is 0. The molecule has 0 saturated heterocycles. The number of primary amides is 1. The van der Waals surface area contributed by atoms with Crippen molar-refractivity contribution in [3.05, 3.63) is 18.2 Å². The molecule has 0 spiro atoms. The Morgan fingerprint density at radius 1 is 0.974 bits per heavy atom. The van der Waals surface area contributed by atoms with Gasteiger partial charge in [-0.15, -0.1) is 0 Å². The smallest absolute Gasteiger partial charge is 0.326 e. The Balaban J connectivity index is 3.10. The minimum atomic E-state index is -1.42. The maximum Gasteiger partial charge on any atom is 0.326 e. The zero-order chi connectivity index (χ0) is 28.8. The van der Waals surface area contributed by atoms with Crippen LogP contribution in [0.4, 0.5) is 0 Å². The molecule has 0 radical (unpaired) electrons. The molecule has 0 aliphatic carbocycles. The molecule has 1 aromatic rings. The second kappa shape index (κ2) is 15.8. The zero-order valence-electron chi connectivity index (χ0n) is 21.5. The van der Waals surface area contributed by atoms with Crippen molar-refractivity contribution in [1.29, 1.82) is 0 Å². The molecule has 0 fully saturated rings. The first-order valence-electron chi connectivity index (χ1n) is 12.0. The van der Waals surface area contributed by atoms with Gasteiger partial charge in [0.2, 0.25) is 23.6 Å². The Kier molecular flexibility index (Phi) is 13.2. The Morgan fingerprint density at radius 2 is 1.58 bits per heavy atom. The molecule has 1 rings (SSSR count). The molecular formula is C22H38N10O6. The Morgan fingerprint density at radius 3 is 2.11 bits per heavy atom. The first-order valence-corrected chi connectivity index (χ1v) is 12.0. The second-order valence-electron chi connectivity index (χ2n) is 9.03. The molecular weight excluding hydrogens is 500 g/mol. The van der Waals surface area contributed by atoms with Gasteiger partial charge in [-0.05, 0) is 25.2 Å². The van der Waals surface area contributed by atoms with Crippen molar-refractivity contribution < 1.29 is 29.1 Å². The summed E-state index contributed by atoms with van der Waals surface area (Å²) in [5.41, 5.74) is 22.1. The first kappa shape index (κ1) is 31.8. The number of hydrogen-bond donors (Lipinski definition) is 9. The normalized spacial score (nSPS) is 14.0. The molecule has 16 nitrogen and oxygen atoms in total. The Labute approximate surface area is 219 Å². The third kappa shape index (κ3) is 11.7. The van der Waals surface area contributed by atoms with Crippen LogP contribution in [0.25, 0.3) is 0 Å².